The monoisotopic (exact) mass is 812 g/mol. The smallest absolute Gasteiger partial charge is 0.312 e. The van der Waals surface area contributed by atoms with Gasteiger partial charge in [0.05, 0.1) is 47.7 Å². The number of ether oxygens (including phenoxy) is 5. The third-order valence-corrected chi connectivity index (χ3v) is 12.3. The number of hydrogen-bond acceptors (Lipinski definition) is 13. The van der Waals surface area contributed by atoms with Crippen molar-refractivity contribution in [1.82, 2.24) is 9.88 Å². The summed E-state index contributed by atoms with van der Waals surface area (Å²) in [5.74, 6) is -4.40. The van der Waals surface area contributed by atoms with Crippen LogP contribution in [-0.4, -0.2) is 130 Å². The van der Waals surface area contributed by atoms with E-state index in [1.165, 1.54) is 6.92 Å². The Morgan fingerprint density at radius 1 is 1.03 bits per heavy atom. The molecule has 4 rings (SSSR count). The number of methoxy groups -OCH3 is 1. The summed E-state index contributed by atoms with van der Waals surface area (Å²) in [6.45, 7) is 15.9. The van der Waals surface area contributed by atoms with Crippen LogP contribution in [0.3, 0.4) is 0 Å². The van der Waals surface area contributed by atoms with E-state index in [1.807, 2.05) is 96.1 Å². The maximum absolute atomic E-state index is 14.3. The maximum atomic E-state index is 14.3. The number of esters is 2. The lowest BCUT2D eigenvalue weighted by atomic mass is 9.73. The Bertz CT molecular complexity index is 1680. The zero-order valence-corrected chi connectivity index (χ0v) is 36.4. The van der Waals surface area contributed by atoms with Gasteiger partial charge in [0.2, 0.25) is 0 Å². The average Bonchev–Trinajstić information content (AvgIpc) is 3.73. The maximum Gasteiger partial charge on any atom is 0.312 e. The molecule has 3 heterocycles. The second-order valence-electron chi connectivity index (χ2n) is 17.1. The standard InChI is InChI=1S/C44H68N4O10/c1-13-34-44(9,53)39(51)27(4)36(47-46-30(7)32-20-17-21-45-32)25(2)24-43(8,54-12)40(58-42-37(50)33(48(10)11)22-26(3)55-42)28(5)38(29(6)41(52)56-34)57-35(49)23-31-18-15-14-16-19-31/h14-21,25-29,33-34,37-40,42,45,50-51,53H,13,22-24H2,1-12H3. The van der Waals surface area contributed by atoms with Crippen LogP contribution in [0.4, 0.5) is 0 Å². The van der Waals surface area contributed by atoms with Gasteiger partial charge in [-0.1, -0.05) is 58.0 Å². The Morgan fingerprint density at radius 2 is 1.71 bits per heavy atom. The van der Waals surface area contributed by atoms with Gasteiger partial charge in [0.15, 0.2) is 6.29 Å². The van der Waals surface area contributed by atoms with E-state index in [9.17, 15) is 24.9 Å². The molecule has 2 aromatic rings. The molecule has 0 bridgehead atoms. The fourth-order valence-electron chi connectivity index (χ4n) is 8.68. The van der Waals surface area contributed by atoms with Gasteiger partial charge in [-0.25, -0.2) is 0 Å². The molecule has 2 aliphatic rings. The lowest BCUT2D eigenvalue weighted by molar-refractivity contribution is -0.301. The summed E-state index contributed by atoms with van der Waals surface area (Å²) in [5.41, 5.74) is -0.606. The van der Waals surface area contributed by atoms with Gasteiger partial charge in [-0.2, -0.15) is 10.2 Å². The number of aromatic nitrogens is 1. The van der Waals surface area contributed by atoms with Gasteiger partial charge in [-0.3, -0.25) is 9.59 Å². The number of cyclic esters (lactones) is 1. The molecule has 0 amide bonds. The molecule has 14 unspecified atom stereocenters. The van der Waals surface area contributed by atoms with E-state index in [1.54, 1.807) is 34.1 Å². The second-order valence-corrected chi connectivity index (χ2v) is 17.1. The fraction of sp³-hybridized carbons (Fsp3) is 0.682. The van der Waals surface area contributed by atoms with Crippen LogP contribution in [0.5, 0.6) is 0 Å². The Balaban J connectivity index is 1.91. The lowest BCUT2D eigenvalue weighted by Gasteiger charge is -2.48. The highest BCUT2D eigenvalue weighted by Gasteiger charge is 2.52. The summed E-state index contributed by atoms with van der Waals surface area (Å²) >= 11 is 0. The first-order valence-electron chi connectivity index (χ1n) is 20.6. The molecule has 14 atom stereocenters. The van der Waals surface area contributed by atoms with Crippen LogP contribution in [0.2, 0.25) is 0 Å². The van der Waals surface area contributed by atoms with Gasteiger partial charge in [-0.15, -0.1) is 0 Å². The third kappa shape index (κ3) is 11.0. The summed E-state index contributed by atoms with van der Waals surface area (Å²) in [6.07, 6.45) is -4.46. The Hall–Kier alpha value is -3.50. The molecule has 0 spiro atoms. The zero-order chi connectivity index (χ0) is 43.1. The van der Waals surface area contributed by atoms with Crippen molar-refractivity contribution in [2.24, 2.45) is 33.9 Å². The number of aliphatic hydroxyl groups is 3. The van der Waals surface area contributed by atoms with Crippen molar-refractivity contribution in [3.8, 4) is 0 Å². The first-order valence-corrected chi connectivity index (χ1v) is 20.6. The van der Waals surface area contributed by atoms with Gasteiger partial charge in [-0.05, 0) is 91.6 Å². The number of nitrogens with zero attached hydrogens (tertiary/aromatic N) is 3. The quantitative estimate of drug-likeness (QED) is 0.145. The third-order valence-electron chi connectivity index (χ3n) is 12.3. The number of likely N-dealkylation sites (N-methyl/N-ethyl adjacent to an activating group) is 1. The molecule has 1 aromatic carbocycles. The van der Waals surface area contributed by atoms with Gasteiger partial charge >= 0.3 is 11.9 Å². The van der Waals surface area contributed by atoms with Crippen LogP contribution in [0, 0.1) is 23.7 Å². The predicted octanol–water partition coefficient (Wildman–Crippen LogP) is 4.93. The first kappa shape index (κ1) is 47.2. The van der Waals surface area contributed by atoms with Crippen molar-refractivity contribution in [2.75, 3.05) is 21.2 Å². The SMILES string of the molecule is CCC1OC(=O)C(C)C(OC(=O)Cc2ccccc2)C(C)C(OC2OC(C)CC(N(C)C)C2O)C(C)(OC)CC(C)C(=NN=C(C)c2ccc[nH]2)C(C)C(O)C1(C)O. The van der Waals surface area contributed by atoms with E-state index in [2.05, 4.69) is 10.1 Å². The van der Waals surface area contributed by atoms with Gasteiger partial charge in [0.1, 0.15) is 23.9 Å². The number of aliphatic hydroxyl groups excluding tert-OH is 2. The minimum atomic E-state index is -1.93. The molecule has 2 fully saturated rings. The molecule has 0 radical (unpaired) electrons. The average molecular weight is 813 g/mol. The van der Waals surface area contributed by atoms with Crippen LogP contribution < -0.4 is 0 Å². The molecular weight excluding hydrogens is 745 g/mol. The van der Waals surface area contributed by atoms with E-state index < -0.39 is 83.6 Å². The van der Waals surface area contributed by atoms with Crippen LogP contribution in [0.1, 0.15) is 92.8 Å². The van der Waals surface area contributed by atoms with Crippen molar-refractivity contribution in [2.45, 2.75) is 148 Å². The Labute approximate surface area is 344 Å². The van der Waals surface area contributed by atoms with Crippen LogP contribution in [0.25, 0.3) is 0 Å². The summed E-state index contributed by atoms with van der Waals surface area (Å²) < 4.78 is 32.0. The van der Waals surface area contributed by atoms with E-state index in [0.717, 1.165) is 11.3 Å². The summed E-state index contributed by atoms with van der Waals surface area (Å²) in [6, 6.07) is 12.6. The van der Waals surface area contributed by atoms with Crippen molar-refractivity contribution in [1.29, 1.82) is 0 Å². The number of carbonyl (C=O) groups excluding carboxylic acids is 2. The zero-order valence-electron chi connectivity index (χ0n) is 36.4. The topological polar surface area (TPSA) is 185 Å². The minimum absolute atomic E-state index is 0.0545. The van der Waals surface area contributed by atoms with Crippen molar-refractivity contribution >= 4 is 23.4 Å². The van der Waals surface area contributed by atoms with Crippen LogP contribution in [0.15, 0.2) is 58.9 Å². The number of H-pyrrole nitrogens is 1. The van der Waals surface area contributed by atoms with E-state index in [-0.39, 0.29) is 31.4 Å². The Morgan fingerprint density at radius 3 is 2.29 bits per heavy atom. The van der Waals surface area contributed by atoms with Crippen molar-refractivity contribution in [3.63, 3.8) is 0 Å². The van der Waals surface area contributed by atoms with E-state index in [0.29, 0.717) is 17.8 Å². The molecular formula is C44H68N4O10. The van der Waals surface area contributed by atoms with Crippen molar-refractivity contribution < 1.29 is 48.6 Å². The molecule has 0 saturated carbocycles. The van der Waals surface area contributed by atoms with Gasteiger partial charge in [0, 0.05) is 36.9 Å². The lowest BCUT2D eigenvalue weighted by Crippen LogP contribution is -2.60. The number of carbonyl (C=O) groups is 2. The van der Waals surface area contributed by atoms with E-state index >= 15 is 0 Å². The molecule has 58 heavy (non-hydrogen) atoms. The molecule has 14 nitrogen and oxygen atoms in total. The highest BCUT2D eigenvalue weighted by Crippen LogP contribution is 2.40. The molecule has 324 valence electrons. The van der Waals surface area contributed by atoms with Crippen LogP contribution >= 0.6 is 0 Å². The number of nitrogens with one attached hydrogen (secondary N) is 1. The highest BCUT2D eigenvalue weighted by atomic mass is 16.7. The van der Waals surface area contributed by atoms with Gasteiger partial charge in [0.25, 0.3) is 0 Å². The summed E-state index contributed by atoms with van der Waals surface area (Å²) in [4.78, 5) is 33.1. The summed E-state index contributed by atoms with van der Waals surface area (Å²) in [5, 5.41) is 45.0. The van der Waals surface area contributed by atoms with Crippen molar-refractivity contribution in [3.05, 3.63) is 59.9 Å². The molecule has 1 aromatic heterocycles. The fourth-order valence-corrected chi connectivity index (χ4v) is 8.68. The molecule has 14 heteroatoms. The number of aromatic amines is 1. The molecule has 4 N–H and O–H groups in total. The molecule has 2 aliphatic heterocycles. The predicted molar refractivity (Wildman–Crippen MR) is 221 cm³/mol. The highest BCUT2D eigenvalue weighted by molar-refractivity contribution is 5.98. The number of rotatable bonds is 10. The normalized spacial score (nSPS) is 38.0. The van der Waals surface area contributed by atoms with E-state index in [4.69, 9.17) is 28.8 Å². The molecule has 0 aliphatic carbocycles. The van der Waals surface area contributed by atoms with Crippen LogP contribution in [-0.2, 0) is 39.7 Å². The van der Waals surface area contributed by atoms with Gasteiger partial charge < -0.3 is 48.9 Å². The molecule has 2 saturated heterocycles. The second kappa shape index (κ2) is 20.2. The largest absolute Gasteiger partial charge is 0.461 e. The Kier molecular flexibility index (Phi) is 16.4. The number of benzene rings is 1. The minimum Gasteiger partial charge on any atom is -0.461 e. The first-order chi connectivity index (χ1) is 27.2. The number of hydrogen-bond donors (Lipinski definition) is 4. The summed E-state index contributed by atoms with van der Waals surface area (Å²) in [7, 11) is 5.33.